The highest BCUT2D eigenvalue weighted by Crippen LogP contribution is 2.29. The normalized spacial score (nSPS) is 11.7. The molecule has 0 aliphatic heterocycles. The smallest absolute Gasteiger partial charge is 0.330 e. The van der Waals surface area contributed by atoms with Gasteiger partial charge in [-0.3, -0.25) is 0 Å². The second kappa shape index (κ2) is 6.83. The quantitative estimate of drug-likeness (QED) is 0.581. The van der Waals surface area contributed by atoms with Gasteiger partial charge in [-0.15, -0.1) is 0 Å². The molecule has 0 aliphatic rings. The first-order valence-electron chi connectivity index (χ1n) is 8.88. The molecule has 2 N–H and O–H groups in total. The average molecular weight is 347 g/mol. The van der Waals surface area contributed by atoms with Gasteiger partial charge in [-0.05, 0) is 59.2 Å². The second-order valence-electron chi connectivity index (χ2n) is 7.84. The van der Waals surface area contributed by atoms with Crippen LogP contribution >= 0.6 is 0 Å². The monoisotopic (exact) mass is 347 g/mol. The number of hydrogen-bond acceptors (Lipinski definition) is 1. The molecule has 0 radical (unpaired) electrons. The number of H-pyrrole nitrogens is 1. The summed E-state index contributed by atoms with van der Waals surface area (Å²) in [5.74, 6) is -0.922. The van der Waals surface area contributed by atoms with E-state index in [-0.39, 0.29) is 11.0 Å². The number of carbonyl (C=O) groups is 1. The molecule has 0 amide bonds. The number of fused-ring (bicyclic) bond motifs is 1. The molecule has 26 heavy (non-hydrogen) atoms. The molecule has 134 valence electrons. The van der Waals surface area contributed by atoms with E-state index in [1.54, 1.807) is 0 Å². The van der Waals surface area contributed by atoms with Crippen LogP contribution in [0.2, 0.25) is 0 Å². The summed E-state index contributed by atoms with van der Waals surface area (Å²) in [5.41, 5.74) is 6.14. The van der Waals surface area contributed by atoms with Crippen molar-refractivity contribution >= 4 is 16.9 Å². The van der Waals surface area contributed by atoms with Crippen molar-refractivity contribution in [1.82, 2.24) is 4.98 Å². The topological polar surface area (TPSA) is 53.1 Å². The van der Waals surface area contributed by atoms with Crippen LogP contribution in [0.1, 0.15) is 38.3 Å². The number of aromatic nitrogens is 1. The molecule has 1 heterocycles. The first-order chi connectivity index (χ1) is 12.2. The standard InChI is InChI=1S/C23H25NO2/c1-15(22(25)26)8-9-16-10-11-20-18(12-16)14-21(24-20)17-6-5-7-19(13-17)23(2,3)4/h5-7,10-14,24H,1,8-9H2,2-4H3,(H,25,26). The zero-order valence-corrected chi connectivity index (χ0v) is 15.6. The summed E-state index contributed by atoms with van der Waals surface area (Å²) in [4.78, 5) is 14.4. The molecule has 3 aromatic rings. The van der Waals surface area contributed by atoms with Crippen LogP contribution in [-0.4, -0.2) is 16.1 Å². The minimum Gasteiger partial charge on any atom is -0.478 e. The lowest BCUT2D eigenvalue weighted by Crippen LogP contribution is -2.10. The predicted octanol–water partition coefficient (Wildman–Crippen LogP) is 5.71. The average Bonchev–Trinajstić information content (AvgIpc) is 3.02. The van der Waals surface area contributed by atoms with Crippen LogP contribution in [0.25, 0.3) is 22.2 Å². The Morgan fingerprint density at radius 3 is 2.58 bits per heavy atom. The highest BCUT2D eigenvalue weighted by atomic mass is 16.4. The van der Waals surface area contributed by atoms with Gasteiger partial charge in [0.25, 0.3) is 0 Å². The highest BCUT2D eigenvalue weighted by Gasteiger charge is 2.14. The largest absolute Gasteiger partial charge is 0.478 e. The van der Waals surface area contributed by atoms with Crippen LogP contribution < -0.4 is 0 Å². The number of hydrogen-bond donors (Lipinski definition) is 2. The Morgan fingerprint density at radius 2 is 1.88 bits per heavy atom. The number of aryl methyl sites for hydroxylation is 1. The van der Waals surface area contributed by atoms with Crippen LogP contribution in [0.5, 0.6) is 0 Å². The van der Waals surface area contributed by atoms with Crippen LogP contribution in [0.15, 0.2) is 60.7 Å². The van der Waals surface area contributed by atoms with Crippen molar-refractivity contribution in [3.8, 4) is 11.3 Å². The molecule has 0 aliphatic carbocycles. The Bertz CT molecular complexity index is 973. The summed E-state index contributed by atoms with van der Waals surface area (Å²) in [5, 5.41) is 10.1. The molecular weight excluding hydrogens is 322 g/mol. The van der Waals surface area contributed by atoms with E-state index in [4.69, 9.17) is 5.11 Å². The summed E-state index contributed by atoms with van der Waals surface area (Å²) >= 11 is 0. The SMILES string of the molecule is C=C(CCc1ccc2[nH]c(-c3cccc(C(C)(C)C)c3)cc2c1)C(=O)O. The Balaban J connectivity index is 1.88. The highest BCUT2D eigenvalue weighted by molar-refractivity contribution is 5.87. The van der Waals surface area contributed by atoms with Crippen molar-refractivity contribution in [2.75, 3.05) is 0 Å². The van der Waals surface area contributed by atoms with Crippen LogP contribution in [0.4, 0.5) is 0 Å². The van der Waals surface area contributed by atoms with Gasteiger partial charge in [0.2, 0.25) is 0 Å². The number of carboxylic acids is 1. The Labute approximate surface area is 154 Å². The Morgan fingerprint density at radius 1 is 1.12 bits per heavy atom. The molecule has 0 spiro atoms. The third-order valence-corrected chi connectivity index (χ3v) is 4.74. The van der Waals surface area contributed by atoms with Gasteiger partial charge < -0.3 is 10.1 Å². The first kappa shape index (κ1) is 18.0. The minimum absolute atomic E-state index is 0.113. The number of aliphatic carboxylic acids is 1. The fourth-order valence-electron chi connectivity index (χ4n) is 3.05. The molecule has 0 saturated carbocycles. The molecule has 1 aromatic heterocycles. The van der Waals surface area contributed by atoms with Crippen molar-refractivity contribution in [1.29, 1.82) is 0 Å². The summed E-state index contributed by atoms with van der Waals surface area (Å²) in [6, 6.07) is 17.0. The molecule has 3 nitrogen and oxygen atoms in total. The van der Waals surface area contributed by atoms with Gasteiger partial charge in [0.1, 0.15) is 0 Å². The maximum absolute atomic E-state index is 10.9. The van der Waals surface area contributed by atoms with E-state index in [0.717, 1.165) is 22.2 Å². The summed E-state index contributed by atoms with van der Waals surface area (Å²) < 4.78 is 0. The van der Waals surface area contributed by atoms with Crippen molar-refractivity contribution in [3.05, 3.63) is 71.8 Å². The van der Waals surface area contributed by atoms with Crippen LogP contribution in [-0.2, 0) is 16.6 Å². The van der Waals surface area contributed by atoms with Crippen molar-refractivity contribution in [3.63, 3.8) is 0 Å². The fourth-order valence-corrected chi connectivity index (χ4v) is 3.05. The summed E-state index contributed by atoms with van der Waals surface area (Å²) in [6.45, 7) is 10.2. The van der Waals surface area contributed by atoms with E-state index < -0.39 is 5.97 Å². The predicted molar refractivity (Wildman–Crippen MR) is 108 cm³/mol. The zero-order valence-electron chi connectivity index (χ0n) is 15.6. The third-order valence-electron chi connectivity index (χ3n) is 4.74. The van der Waals surface area contributed by atoms with Crippen LogP contribution in [0.3, 0.4) is 0 Å². The number of carboxylic acid groups (broad SMARTS) is 1. The van der Waals surface area contributed by atoms with Gasteiger partial charge in [0.05, 0.1) is 0 Å². The molecule has 3 rings (SSSR count). The van der Waals surface area contributed by atoms with Gasteiger partial charge >= 0.3 is 5.97 Å². The van der Waals surface area contributed by atoms with Crippen molar-refractivity contribution < 1.29 is 9.90 Å². The lowest BCUT2D eigenvalue weighted by molar-refractivity contribution is -0.132. The van der Waals surface area contributed by atoms with E-state index >= 15 is 0 Å². The Hall–Kier alpha value is -2.81. The number of benzene rings is 2. The molecule has 0 bridgehead atoms. The summed E-state index contributed by atoms with van der Waals surface area (Å²) in [7, 11) is 0. The lowest BCUT2D eigenvalue weighted by Gasteiger charge is -2.19. The number of nitrogens with one attached hydrogen (secondary N) is 1. The minimum atomic E-state index is -0.922. The molecular formula is C23H25NO2. The Kier molecular flexibility index (Phi) is 4.73. The molecule has 2 aromatic carbocycles. The van der Waals surface area contributed by atoms with E-state index in [0.29, 0.717) is 12.8 Å². The van der Waals surface area contributed by atoms with Gasteiger partial charge in [0, 0.05) is 22.2 Å². The second-order valence-corrected chi connectivity index (χ2v) is 7.84. The first-order valence-corrected chi connectivity index (χ1v) is 8.88. The summed E-state index contributed by atoms with van der Waals surface area (Å²) in [6.07, 6.45) is 1.15. The van der Waals surface area contributed by atoms with E-state index in [1.165, 1.54) is 11.1 Å². The molecule has 0 fully saturated rings. The zero-order chi connectivity index (χ0) is 18.9. The maximum atomic E-state index is 10.9. The maximum Gasteiger partial charge on any atom is 0.330 e. The van der Waals surface area contributed by atoms with E-state index in [9.17, 15) is 4.79 Å². The molecule has 3 heteroatoms. The van der Waals surface area contributed by atoms with E-state index in [1.807, 2.05) is 6.07 Å². The van der Waals surface area contributed by atoms with Gasteiger partial charge in [-0.1, -0.05) is 51.6 Å². The van der Waals surface area contributed by atoms with Gasteiger partial charge in [-0.2, -0.15) is 0 Å². The fraction of sp³-hybridized carbons (Fsp3) is 0.261. The molecule has 0 saturated heterocycles. The van der Waals surface area contributed by atoms with E-state index in [2.05, 4.69) is 74.8 Å². The van der Waals surface area contributed by atoms with Crippen LogP contribution in [0, 0.1) is 0 Å². The lowest BCUT2D eigenvalue weighted by atomic mass is 9.86. The van der Waals surface area contributed by atoms with Gasteiger partial charge in [-0.25, -0.2) is 4.79 Å². The third kappa shape index (κ3) is 3.88. The van der Waals surface area contributed by atoms with Crippen molar-refractivity contribution in [2.24, 2.45) is 0 Å². The van der Waals surface area contributed by atoms with Crippen molar-refractivity contribution in [2.45, 2.75) is 39.0 Å². The number of rotatable bonds is 5. The molecule has 0 unspecified atom stereocenters. The molecule has 0 atom stereocenters. The number of aromatic amines is 1. The van der Waals surface area contributed by atoms with Gasteiger partial charge in [0.15, 0.2) is 0 Å².